The van der Waals surface area contributed by atoms with Crippen molar-refractivity contribution in [2.75, 3.05) is 14.1 Å². The molecule has 2 aliphatic rings. The molecule has 1 aromatic rings. The third-order valence-electron chi connectivity index (χ3n) is 5.16. The molecule has 0 aromatic heterocycles. The van der Waals surface area contributed by atoms with Crippen LogP contribution in [0.3, 0.4) is 0 Å². The predicted octanol–water partition coefficient (Wildman–Crippen LogP) is 4.14. The average molecular weight is 380 g/mol. The fourth-order valence-corrected chi connectivity index (χ4v) is 4.19. The third-order valence-corrected chi connectivity index (χ3v) is 5.16. The SMILES string of the molecule is CN(C)N1C(=O)C[C@H](c2ccccc2C(F)(F)F)C2=C1CC(C)(C)CC2=O. The number of nitrogens with zero attached hydrogens (tertiary/aromatic N) is 2. The van der Waals surface area contributed by atoms with E-state index in [1.807, 2.05) is 13.8 Å². The molecule has 1 aromatic carbocycles. The summed E-state index contributed by atoms with van der Waals surface area (Å²) in [4.78, 5) is 25.8. The number of Topliss-reactive ketones (excluding diaryl/α,β-unsaturated/α-hetero) is 1. The molecule has 0 bridgehead atoms. The second kappa shape index (κ2) is 6.48. The second-order valence-electron chi connectivity index (χ2n) is 8.20. The Morgan fingerprint density at radius 3 is 2.33 bits per heavy atom. The predicted molar refractivity (Wildman–Crippen MR) is 94.4 cm³/mol. The van der Waals surface area contributed by atoms with Crippen LogP contribution < -0.4 is 0 Å². The molecule has 1 aliphatic carbocycles. The summed E-state index contributed by atoms with van der Waals surface area (Å²) in [7, 11) is 3.39. The highest BCUT2D eigenvalue weighted by molar-refractivity contribution is 6.02. The molecule has 1 aliphatic heterocycles. The van der Waals surface area contributed by atoms with Crippen LogP contribution in [0.15, 0.2) is 35.5 Å². The number of hydrogen-bond acceptors (Lipinski definition) is 3. The lowest BCUT2D eigenvalue weighted by Gasteiger charge is -2.45. The van der Waals surface area contributed by atoms with Gasteiger partial charge in [-0.3, -0.25) is 9.59 Å². The van der Waals surface area contributed by atoms with Crippen LogP contribution >= 0.6 is 0 Å². The van der Waals surface area contributed by atoms with Crippen LogP contribution in [0.4, 0.5) is 13.2 Å². The third kappa shape index (κ3) is 3.52. The minimum Gasteiger partial charge on any atom is -0.294 e. The highest BCUT2D eigenvalue weighted by Gasteiger charge is 2.46. The van der Waals surface area contributed by atoms with Gasteiger partial charge in [-0.1, -0.05) is 32.0 Å². The summed E-state index contributed by atoms with van der Waals surface area (Å²) in [5.41, 5.74) is -0.266. The van der Waals surface area contributed by atoms with Crippen molar-refractivity contribution in [3.05, 3.63) is 46.7 Å². The molecule has 0 fully saturated rings. The normalized spacial score (nSPS) is 23.1. The van der Waals surface area contributed by atoms with E-state index in [1.165, 1.54) is 23.2 Å². The minimum absolute atomic E-state index is 0.00249. The molecule has 0 radical (unpaired) electrons. The van der Waals surface area contributed by atoms with Crippen LogP contribution in [-0.2, 0) is 15.8 Å². The van der Waals surface area contributed by atoms with Crippen molar-refractivity contribution in [1.82, 2.24) is 10.0 Å². The van der Waals surface area contributed by atoms with Crippen LogP contribution in [0.25, 0.3) is 0 Å². The summed E-state index contributed by atoms with van der Waals surface area (Å²) in [5, 5.41) is 3.04. The average Bonchev–Trinajstić information content (AvgIpc) is 2.51. The second-order valence-corrected chi connectivity index (χ2v) is 8.20. The van der Waals surface area contributed by atoms with E-state index in [2.05, 4.69) is 0 Å². The van der Waals surface area contributed by atoms with Gasteiger partial charge in [-0.05, 0) is 23.5 Å². The molecular weight excluding hydrogens is 357 g/mol. The van der Waals surface area contributed by atoms with E-state index in [-0.39, 0.29) is 35.5 Å². The van der Waals surface area contributed by atoms with Crippen molar-refractivity contribution in [3.8, 4) is 0 Å². The zero-order valence-corrected chi connectivity index (χ0v) is 15.9. The Labute approximate surface area is 156 Å². The van der Waals surface area contributed by atoms with Gasteiger partial charge in [0, 0.05) is 44.1 Å². The molecule has 146 valence electrons. The van der Waals surface area contributed by atoms with Gasteiger partial charge in [0.15, 0.2) is 5.78 Å². The molecule has 0 saturated carbocycles. The number of hydrogen-bond donors (Lipinski definition) is 0. The summed E-state index contributed by atoms with van der Waals surface area (Å²) in [6.07, 6.45) is -3.99. The van der Waals surface area contributed by atoms with Gasteiger partial charge in [-0.15, -0.1) is 0 Å². The number of allylic oxidation sites excluding steroid dienone is 2. The highest BCUT2D eigenvalue weighted by Crippen LogP contribution is 2.49. The maximum absolute atomic E-state index is 13.5. The monoisotopic (exact) mass is 380 g/mol. The van der Waals surface area contributed by atoms with E-state index in [0.29, 0.717) is 17.7 Å². The van der Waals surface area contributed by atoms with Gasteiger partial charge in [0.1, 0.15) is 0 Å². The summed E-state index contributed by atoms with van der Waals surface area (Å²) in [6, 6.07) is 5.23. The van der Waals surface area contributed by atoms with Crippen LogP contribution in [0.5, 0.6) is 0 Å². The summed E-state index contributed by atoms with van der Waals surface area (Å²) in [6.45, 7) is 3.86. The number of amides is 1. The molecule has 3 rings (SSSR count). The molecule has 1 heterocycles. The lowest BCUT2D eigenvalue weighted by molar-refractivity contribution is -0.145. The zero-order valence-electron chi connectivity index (χ0n) is 15.9. The minimum atomic E-state index is -4.55. The Hall–Kier alpha value is -2.15. The smallest absolute Gasteiger partial charge is 0.294 e. The van der Waals surface area contributed by atoms with Gasteiger partial charge >= 0.3 is 6.18 Å². The number of hydrazine groups is 1. The van der Waals surface area contributed by atoms with Gasteiger partial charge < -0.3 is 0 Å². The lowest BCUT2D eigenvalue weighted by atomic mass is 9.69. The Balaban J connectivity index is 2.23. The molecule has 0 unspecified atom stereocenters. The van der Waals surface area contributed by atoms with E-state index >= 15 is 0 Å². The Morgan fingerprint density at radius 1 is 1.11 bits per heavy atom. The van der Waals surface area contributed by atoms with Gasteiger partial charge in [-0.25, -0.2) is 10.0 Å². The molecule has 7 heteroatoms. The first kappa shape index (κ1) is 19.6. The van der Waals surface area contributed by atoms with E-state index < -0.39 is 17.7 Å². The summed E-state index contributed by atoms with van der Waals surface area (Å²) >= 11 is 0. The van der Waals surface area contributed by atoms with Crippen molar-refractivity contribution in [2.45, 2.75) is 45.2 Å². The Bertz CT molecular complexity index is 825. The van der Waals surface area contributed by atoms with Gasteiger partial charge in [0.25, 0.3) is 0 Å². The van der Waals surface area contributed by atoms with Crippen molar-refractivity contribution < 1.29 is 22.8 Å². The first-order chi connectivity index (χ1) is 12.4. The number of rotatable bonds is 2. The molecule has 27 heavy (non-hydrogen) atoms. The van der Waals surface area contributed by atoms with Crippen molar-refractivity contribution >= 4 is 11.7 Å². The molecule has 0 N–H and O–H groups in total. The van der Waals surface area contributed by atoms with Crippen LogP contribution in [0.2, 0.25) is 0 Å². The van der Waals surface area contributed by atoms with Crippen molar-refractivity contribution in [3.63, 3.8) is 0 Å². The van der Waals surface area contributed by atoms with Crippen LogP contribution in [0, 0.1) is 5.41 Å². The van der Waals surface area contributed by atoms with Crippen LogP contribution in [-0.4, -0.2) is 35.8 Å². The quantitative estimate of drug-likeness (QED) is 0.774. The van der Waals surface area contributed by atoms with E-state index in [0.717, 1.165) is 6.07 Å². The number of ketones is 1. The van der Waals surface area contributed by atoms with Gasteiger partial charge in [-0.2, -0.15) is 13.2 Å². The number of carbonyl (C=O) groups excluding carboxylic acids is 2. The number of benzene rings is 1. The largest absolute Gasteiger partial charge is 0.416 e. The summed E-state index contributed by atoms with van der Waals surface area (Å²) < 4.78 is 40.6. The fourth-order valence-electron chi connectivity index (χ4n) is 4.19. The molecule has 1 amide bonds. The number of carbonyl (C=O) groups is 2. The van der Waals surface area contributed by atoms with Gasteiger partial charge in [0.2, 0.25) is 5.91 Å². The first-order valence-electron chi connectivity index (χ1n) is 8.85. The maximum atomic E-state index is 13.5. The van der Waals surface area contributed by atoms with Crippen molar-refractivity contribution in [1.29, 1.82) is 0 Å². The standard InChI is InChI=1S/C20H23F3N2O2/c1-19(2)10-15-18(16(26)11-19)13(9-17(27)25(15)24(3)4)12-7-5-6-8-14(12)20(21,22)23/h5-8,13H,9-11H2,1-4H3/t13-/m1/s1. The number of halogens is 3. The van der Waals surface area contributed by atoms with E-state index in [9.17, 15) is 22.8 Å². The topological polar surface area (TPSA) is 40.6 Å². The zero-order chi connectivity index (χ0) is 20.1. The lowest BCUT2D eigenvalue weighted by Crippen LogP contribution is -2.49. The Kier molecular flexibility index (Phi) is 4.70. The number of alkyl halides is 3. The molecular formula is C20H23F3N2O2. The van der Waals surface area contributed by atoms with Gasteiger partial charge in [0.05, 0.1) is 5.56 Å². The van der Waals surface area contributed by atoms with E-state index in [4.69, 9.17) is 0 Å². The molecule has 0 saturated heterocycles. The van der Waals surface area contributed by atoms with Crippen LogP contribution in [0.1, 0.15) is 50.2 Å². The molecule has 0 spiro atoms. The Morgan fingerprint density at radius 2 is 1.74 bits per heavy atom. The molecule has 4 nitrogen and oxygen atoms in total. The molecule has 1 atom stereocenters. The highest BCUT2D eigenvalue weighted by atomic mass is 19.4. The van der Waals surface area contributed by atoms with Crippen molar-refractivity contribution in [2.24, 2.45) is 5.41 Å². The fraction of sp³-hybridized carbons (Fsp3) is 0.500. The first-order valence-corrected chi connectivity index (χ1v) is 8.85. The maximum Gasteiger partial charge on any atom is 0.416 e. The van der Waals surface area contributed by atoms with E-state index in [1.54, 1.807) is 19.1 Å². The summed E-state index contributed by atoms with van der Waals surface area (Å²) in [5.74, 6) is -1.35.